The third-order valence-corrected chi connectivity index (χ3v) is 6.26. The van der Waals surface area contributed by atoms with Gasteiger partial charge in [-0.25, -0.2) is 4.79 Å². The Morgan fingerprint density at radius 2 is 1.74 bits per heavy atom. The van der Waals surface area contributed by atoms with Crippen molar-refractivity contribution >= 4 is 29.4 Å². The fourth-order valence-corrected chi connectivity index (χ4v) is 4.76. The number of anilines is 1. The van der Waals surface area contributed by atoms with Crippen molar-refractivity contribution in [1.29, 1.82) is 0 Å². The van der Waals surface area contributed by atoms with Crippen molar-refractivity contribution in [1.82, 2.24) is 4.90 Å². The van der Waals surface area contributed by atoms with E-state index in [1.807, 2.05) is 12.2 Å². The van der Waals surface area contributed by atoms with E-state index in [1.165, 1.54) is 21.1 Å². The smallest absolute Gasteiger partial charge is 0.329 e. The van der Waals surface area contributed by atoms with E-state index in [4.69, 9.17) is 14.2 Å². The van der Waals surface area contributed by atoms with Crippen molar-refractivity contribution < 1.29 is 33.4 Å². The number of rotatable bonds is 7. The summed E-state index contributed by atoms with van der Waals surface area (Å²) in [5.41, 5.74) is 0.387. The van der Waals surface area contributed by atoms with Gasteiger partial charge in [-0.05, 0) is 37.3 Å². The molecule has 3 aliphatic rings. The Morgan fingerprint density at radius 3 is 2.32 bits per heavy atom. The fraction of sp³-hybridized carbons (Fsp3) is 0.455. The second kappa shape index (κ2) is 8.05. The summed E-state index contributed by atoms with van der Waals surface area (Å²) in [6, 6.07) is 3.76. The van der Waals surface area contributed by atoms with Crippen LogP contribution in [-0.4, -0.2) is 55.5 Å². The van der Waals surface area contributed by atoms with Gasteiger partial charge < -0.3 is 19.5 Å². The van der Waals surface area contributed by atoms with E-state index < -0.39 is 24.5 Å². The number of methoxy groups -OCH3 is 2. The lowest BCUT2D eigenvalue weighted by molar-refractivity contribution is -0.159. The molecule has 0 radical (unpaired) electrons. The number of amides is 3. The molecule has 2 aliphatic carbocycles. The average Bonchev–Trinajstić information content (AvgIpc) is 3.45. The molecular weight excluding hydrogens is 404 g/mol. The number of esters is 1. The van der Waals surface area contributed by atoms with Gasteiger partial charge in [-0.1, -0.05) is 12.2 Å². The lowest BCUT2D eigenvalue weighted by Gasteiger charge is -2.23. The Labute approximate surface area is 179 Å². The highest BCUT2D eigenvalue weighted by Gasteiger charge is 2.60. The number of nitrogens with zero attached hydrogens (tertiary/aromatic N) is 1. The van der Waals surface area contributed by atoms with E-state index in [9.17, 15) is 19.2 Å². The van der Waals surface area contributed by atoms with Crippen LogP contribution < -0.4 is 14.8 Å². The Morgan fingerprint density at radius 1 is 1.10 bits per heavy atom. The van der Waals surface area contributed by atoms with Gasteiger partial charge in [0.15, 0.2) is 6.61 Å². The number of hydrogen-bond donors (Lipinski definition) is 1. The number of carbonyl (C=O) groups excluding carboxylic acids is 4. The summed E-state index contributed by atoms with van der Waals surface area (Å²) in [4.78, 5) is 51.3. The maximum Gasteiger partial charge on any atom is 0.329 e. The second-order valence-electron chi connectivity index (χ2n) is 7.94. The number of hydrogen-bond acceptors (Lipinski definition) is 7. The van der Waals surface area contributed by atoms with Gasteiger partial charge >= 0.3 is 5.97 Å². The zero-order valence-corrected chi connectivity index (χ0v) is 17.5. The van der Waals surface area contributed by atoms with Gasteiger partial charge in [0.25, 0.3) is 5.91 Å². The molecule has 3 amide bonds. The summed E-state index contributed by atoms with van der Waals surface area (Å²) < 4.78 is 15.4. The molecule has 164 valence electrons. The Bertz CT molecular complexity index is 943. The van der Waals surface area contributed by atoms with E-state index in [1.54, 1.807) is 18.2 Å². The number of nitrogens with one attached hydrogen (secondary N) is 1. The number of imide groups is 1. The molecule has 1 aromatic carbocycles. The summed E-state index contributed by atoms with van der Waals surface area (Å²) in [6.07, 6.45) is 4.79. The molecule has 2 fully saturated rings. The molecule has 1 N–H and O–H groups in total. The number of fused-ring (bicyclic) bond motifs is 5. The zero-order chi connectivity index (χ0) is 22.3. The molecule has 1 saturated carbocycles. The minimum absolute atomic E-state index is 0.0601. The lowest BCUT2D eigenvalue weighted by Crippen LogP contribution is -2.45. The first-order chi connectivity index (χ1) is 14.8. The monoisotopic (exact) mass is 428 g/mol. The standard InChI is InChI=1S/C22H24N2O7/c1-11(24-20(26)18-12-4-5-13(8-12)19(18)21(24)27)22(28)31-10-17(25)23-15-7-6-14(29-2)9-16(15)30-3/h4-7,9,11-13,18-19H,8,10H2,1-3H3,(H,23,25)/t11-,12+,13+,18-,19+/m1/s1. The normalized spacial score (nSPS) is 26.6. The minimum atomic E-state index is -1.09. The number of carbonyl (C=O) groups is 4. The van der Waals surface area contributed by atoms with Crippen molar-refractivity contribution in [2.24, 2.45) is 23.7 Å². The summed E-state index contributed by atoms with van der Waals surface area (Å²) in [5.74, 6) is -1.76. The van der Waals surface area contributed by atoms with Crippen molar-refractivity contribution in [2.75, 3.05) is 26.1 Å². The second-order valence-corrected chi connectivity index (χ2v) is 7.94. The number of ether oxygens (including phenoxy) is 3. The third-order valence-electron chi connectivity index (χ3n) is 6.26. The minimum Gasteiger partial charge on any atom is -0.497 e. The Hall–Kier alpha value is -3.36. The highest BCUT2D eigenvalue weighted by Crippen LogP contribution is 2.52. The third kappa shape index (κ3) is 3.54. The SMILES string of the molecule is COc1ccc(NC(=O)COC(=O)[C@@H](C)N2C(=O)[C@@H]3[C@H](C2=O)[C@H]2C=C[C@H]3C2)c(OC)c1. The van der Waals surface area contributed by atoms with E-state index in [0.29, 0.717) is 17.2 Å². The summed E-state index contributed by atoms with van der Waals surface area (Å²) in [6.45, 7) is 0.882. The van der Waals surface area contributed by atoms with Crippen LogP contribution >= 0.6 is 0 Å². The van der Waals surface area contributed by atoms with E-state index in [-0.39, 0.29) is 35.5 Å². The molecule has 9 heteroatoms. The predicted octanol–water partition coefficient (Wildman–Crippen LogP) is 1.38. The molecule has 1 saturated heterocycles. The first kappa shape index (κ1) is 20.9. The highest BCUT2D eigenvalue weighted by atomic mass is 16.5. The van der Waals surface area contributed by atoms with E-state index >= 15 is 0 Å². The lowest BCUT2D eigenvalue weighted by atomic mass is 9.85. The molecule has 0 aromatic heterocycles. The average molecular weight is 428 g/mol. The zero-order valence-electron chi connectivity index (χ0n) is 17.5. The quantitative estimate of drug-likeness (QED) is 0.397. The van der Waals surface area contributed by atoms with Crippen molar-refractivity contribution in [3.05, 3.63) is 30.4 Å². The van der Waals surface area contributed by atoms with Crippen LogP contribution in [0.5, 0.6) is 11.5 Å². The Kier molecular flexibility index (Phi) is 5.43. The van der Waals surface area contributed by atoms with Crippen LogP contribution in [0.15, 0.2) is 30.4 Å². The predicted molar refractivity (Wildman–Crippen MR) is 108 cm³/mol. The number of allylic oxidation sites excluding steroid dienone is 2. The molecule has 1 aromatic rings. The number of benzene rings is 1. The van der Waals surface area contributed by atoms with E-state index in [0.717, 1.165) is 11.3 Å². The maximum atomic E-state index is 12.8. The van der Waals surface area contributed by atoms with Crippen LogP contribution in [0, 0.1) is 23.7 Å². The molecular formula is C22H24N2O7. The van der Waals surface area contributed by atoms with Crippen molar-refractivity contribution in [2.45, 2.75) is 19.4 Å². The van der Waals surface area contributed by atoms with E-state index in [2.05, 4.69) is 5.32 Å². The topological polar surface area (TPSA) is 111 Å². The molecule has 0 unspecified atom stereocenters. The van der Waals surface area contributed by atoms with Crippen LogP contribution in [0.25, 0.3) is 0 Å². The summed E-state index contributed by atoms with van der Waals surface area (Å²) in [5, 5.41) is 2.59. The van der Waals surface area contributed by atoms with Crippen LogP contribution in [0.3, 0.4) is 0 Å². The van der Waals surface area contributed by atoms with Crippen LogP contribution in [0.4, 0.5) is 5.69 Å². The summed E-state index contributed by atoms with van der Waals surface area (Å²) >= 11 is 0. The van der Waals surface area contributed by atoms with Gasteiger partial charge in [-0.15, -0.1) is 0 Å². The molecule has 1 heterocycles. The molecule has 31 heavy (non-hydrogen) atoms. The van der Waals surface area contributed by atoms with Crippen LogP contribution in [-0.2, 0) is 23.9 Å². The number of likely N-dealkylation sites (tertiary alicyclic amines) is 1. The van der Waals surface area contributed by atoms with Crippen LogP contribution in [0.1, 0.15) is 13.3 Å². The largest absolute Gasteiger partial charge is 0.497 e. The van der Waals surface area contributed by atoms with Crippen LogP contribution in [0.2, 0.25) is 0 Å². The first-order valence-electron chi connectivity index (χ1n) is 10.1. The molecule has 5 atom stereocenters. The maximum absolute atomic E-state index is 12.8. The van der Waals surface area contributed by atoms with Gasteiger partial charge in [-0.2, -0.15) is 0 Å². The molecule has 0 spiro atoms. The molecule has 4 rings (SSSR count). The Balaban J connectivity index is 1.34. The van der Waals surface area contributed by atoms with Gasteiger partial charge in [0, 0.05) is 6.07 Å². The molecule has 2 bridgehead atoms. The fourth-order valence-electron chi connectivity index (χ4n) is 4.76. The van der Waals surface area contributed by atoms with Crippen molar-refractivity contribution in [3.8, 4) is 11.5 Å². The van der Waals surface area contributed by atoms with Crippen molar-refractivity contribution in [3.63, 3.8) is 0 Å². The van der Waals surface area contributed by atoms with Gasteiger partial charge in [0.1, 0.15) is 17.5 Å². The van der Waals surface area contributed by atoms with Gasteiger partial charge in [-0.3, -0.25) is 19.3 Å². The molecule has 1 aliphatic heterocycles. The first-order valence-corrected chi connectivity index (χ1v) is 10.1. The van der Waals surface area contributed by atoms with Gasteiger partial charge in [0.2, 0.25) is 11.8 Å². The highest BCUT2D eigenvalue weighted by molar-refractivity contribution is 6.09. The van der Waals surface area contributed by atoms with Gasteiger partial charge in [0.05, 0.1) is 31.7 Å². The molecule has 9 nitrogen and oxygen atoms in total. The summed E-state index contributed by atoms with van der Waals surface area (Å²) in [7, 11) is 2.96.